The second-order valence-electron chi connectivity index (χ2n) is 4.86. The zero-order valence-corrected chi connectivity index (χ0v) is 11.4. The molecule has 1 aliphatic heterocycles. The number of nitrogens with one attached hydrogen (secondary N) is 1. The maximum Gasteiger partial charge on any atom is 0.220 e. The molecule has 0 saturated carbocycles. The van der Waals surface area contributed by atoms with Crippen molar-refractivity contribution in [3.05, 3.63) is 0 Å². The summed E-state index contributed by atoms with van der Waals surface area (Å²) in [5, 5.41) is 2.90. The van der Waals surface area contributed by atoms with Crippen molar-refractivity contribution in [2.75, 3.05) is 18.1 Å². The van der Waals surface area contributed by atoms with Crippen LogP contribution in [0.4, 0.5) is 0 Å². The van der Waals surface area contributed by atoms with E-state index >= 15 is 0 Å². The highest BCUT2D eigenvalue weighted by atomic mass is 32.2. The normalized spacial score (nSPS) is 20.1. The molecule has 0 spiro atoms. The van der Waals surface area contributed by atoms with E-state index in [9.17, 15) is 13.2 Å². The molecule has 17 heavy (non-hydrogen) atoms. The first-order chi connectivity index (χ1) is 8.03. The second kappa shape index (κ2) is 6.99. The summed E-state index contributed by atoms with van der Waals surface area (Å²) in [6, 6.07) is 0. The van der Waals surface area contributed by atoms with E-state index in [0.717, 1.165) is 25.8 Å². The Hall–Kier alpha value is -0.580. The molecule has 4 nitrogen and oxygen atoms in total. The summed E-state index contributed by atoms with van der Waals surface area (Å²) < 4.78 is 22.5. The smallest absolute Gasteiger partial charge is 0.220 e. The molecule has 1 rings (SSSR count). The first-order valence-corrected chi connectivity index (χ1v) is 8.33. The monoisotopic (exact) mass is 261 g/mol. The lowest BCUT2D eigenvalue weighted by Gasteiger charge is -2.21. The van der Waals surface area contributed by atoms with Crippen molar-refractivity contribution in [1.82, 2.24) is 5.32 Å². The molecule has 0 bridgehead atoms. The summed E-state index contributed by atoms with van der Waals surface area (Å²) in [6.07, 6.45) is 5.09. The lowest BCUT2D eigenvalue weighted by molar-refractivity contribution is -0.122. The van der Waals surface area contributed by atoms with Gasteiger partial charge in [0, 0.05) is 13.0 Å². The maximum absolute atomic E-state index is 11.6. The highest BCUT2D eigenvalue weighted by Gasteiger charge is 2.24. The summed E-state index contributed by atoms with van der Waals surface area (Å²) >= 11 is 0. The number of unbranched alkanes of at least 4 members (excludes halogenated alkanes) is 2. The summed E-state index contributed by atoms with van der Waals surface area (Å²) in [6.45, 7) is 2.88. The predicted molar refractivity (Wildman–Crippen MR) is 68.5 cm³/mol. The Morgan fingerprint density at radius 1 is 1.24 bits per heavy atom. The minimum Gasteiger partial charge on any atom is -0.356 e. The van der Waals surface area contributed by atoms with Gasteiger partial charge in [0.25, 0.3) is 0 Å². The number of hydrogen-bond donors (Lipinski definition) is 1. The van der Waals surface area contributed by atoms with Crippen LogP contribution in [0.25, 0.3) is 0 Å². The quantitative estimate of drug-likeness (QED) is 0.737. The lowest BCUT2D eigenvalue weighted by atomic mass is 9.98. The van der Waals surface area contributed by atoms with Crippen LogP contribution in [0.3, 0.4) is 0 Å². The first kappa shape index (κ1) is 14.5. The molecule has 1 heterocycles. The molecule has 0 atom stereocenters. The average Bonchev–Trinajstić information content (AvgIpc) is 2.28. The van der Waals surface area contributed by atoms with Crippen LogP contribution >= 0.6 is 0 Å². The summed E-state index contributed by atoms with van der Waals surface area (Å²) in [5.74, 6) is 0.830. The fourth-order valence-electron chi connectivity index (χ4n) is 2.08. The van der Waals surface area contributed by atoms with Gasteiger partial charge < -0.3 is 5.32 Å². The van der Waals surface area contributed by atoms with Crippen molar-refractivity contribution in [3.63, 3.8) is 0 Å². The second-order valence-corrected chi connectivity index (χ2v) is 7.16. The van der Waals surface area contributed by atoms with Gasteiger partial charge in [-0.3, -0.25) is 4.79 Å². The van der Waals surface area contributed by atoms with Gasteiger partial charge in [0.1, 0.15) is 9.84 Å². The van der Waals surface area contributed by atoms with Gasteiger partial charge in [0.2, 0.25) is 5.91 Å². The third-order valence-corrected chi connectivity index (χ3v) is 4.97. The van der Waals surface area contributed by atoms with E-state index in [1.54, 1.807) is 0 Å². The third-order valence-electron chi connectivity index (χ3n) is 3.25. The van der Waals surface area contributed by atoms with Crippen LogP contribution in [0.5, 0.6) is 0 Å². The standard InChI is InChI=1S/C12H23NO3S/c1-2-3-4-7-13-12(14)10-11-5-8-17(15,16)9-6-11/h11H,2-10H2,1H3,(H,13,14). The fourth-order valence-corrected chi connectivity index (χ4v) is 3.67. The molecule has 0 aromatic rings. The molecule has 1 aliphatic rings. The van der Waals surface area contributed by atoms with E-state index < -0.39 is 9.84 Å². The van der Waals surface area contributed by atoms with Crippen molar-refractivity contribution in [2.45, 2.75) is 45.4 Å². The lowest BCUT2D eigenvalue weighted by Crippen LogP contribution is -2.30. The number of hydrogen-bond acceptors (Lipinski definition) is 3. The van der Waals surface area contributed by atoms with Crippen LogP contribution < -0.4 is 5.32 Å². The highest BCUT2D eigenvalue weighted by molar-refractivity contribution is 7.91. The predicted octanol–water partition coefficient (Wildman–Crippen LogP) is 1.51. The van der Waals surface area contributed by atoms with Crippen LogP contribution in [-0.4, -0.2) is 32.4 Å². The summed E-state index contributed by atoms with van der Waals surface area (Å²) in [4.78, 5) is 11.6. The van der Waals surface area contributed by atoms with E-state index in [1.807, 2.05) is 0 Å². The molecular formula is C12H23NO3S. The SMILES string of the molecule is CCCCCNC(=O)CC1CCS(=O)(=O)CC1. The third kappa shape index (κ3) is 6.05. The van der Waals surface area contributed by atoms with Crippen LogP contribution in [0.1, 0.15) is 45.4 Å². The molecule has 0 aliphatic carbocycles. The Labute approximate surface area is 104 Å². The van der Waals surface area contributed by atoms with E-state index in [4.69, 9.17) is 0 Å². The molecular weight excluding hydrogens is 238 g/mol. The van der Waals surface area contributed by atoms with E-state index in [1.165, 1.54) is 0 Å². The Morgan fingerprint density at radius 2 is 1.88 bits per heavy atom. The molecule has 1 fully saturated rings. The van der Waals surface area contributed by atoms with Gasteiger partial charge >= 0.3 is 0 Å². The Bertz CT molecular complexity index is 324. The average molecular weight is 261 g/mol. The van der Waals surface area contributed by atoms with Gasteiger partial charge in [-0.15, -0.1) is 0 Å². The van der Waals surface area contributed by atoms with E-state index in [0.29, 0.717) is 19.3 Å². The zero-order chi connectivity index (χ0) is 12.7. The molecule has 1 N–H and O–H groups in total. The summed E-state index contributed by atoms with van der Waals surface area (Å²) in [5.41, 5.74) is 0. The Balaban J connectivity index is 2.15. The van der Waals surface area contributed by atoms with Crippen molar-refractivity contribution in [1.29, 1.82) is 0 Å². The first-order valence-electron chi connectivity index (χ1n) is 6.50. The van der Waals surface area contributed by atoms with Gasteiger partial charge in [-0.1, -0.05) is 19.8 Å². The largest absolute Gasteiger partial charge is 0.356 e. The fraction of sp³-hybridized carbons (Fsp3) is 0.917. The Morgan fingerprint density at radius 3 is 2.47 bits per heavy atom. The van der Waals surface area contributed by atoms with Gasteiger partial charge in [-0.2, -0.15) is 0 Å². The zero-order valence-electron chi connectivity index (χ0n) is 10.6. The van der Waals surface area contributed by atoms with Crippen molar-refractivity contribution in [3.8, 4) is 0 Å². The number of sulfone groups is 1. The maximum atomic E-state index is 11.6. The van der Waals surface area contributed by atoms with Crippen molar-refractivity contribution in [2.24, 2.45) is 5.92 Å². The Kier molecular flexibility index (Phi) is 5.95. The summed E-state index contributed by atoms with van der Waals surface area (Å²) in [7, 11) is -2.81. The molecule has 1 saturated heterocycles. The minimum atomic E-state index is -2.81. The van der Waals surface area contributed by atoms with Crippen LogP contribution in [-0.2, 0) is 14.6 Å². The van der Waals surface area contributed by atoms with Crippen LogP contribution in [0, 0.1) is 5.92 Å². The molecule has 0 aromatic carbocycles. The molecule has 0 unspecified atom stereocenters. The van der Waals surface area contributed by atoms with Crippen LogP contribution in [0.2, 0.25) is 0 Å². The molecule has 0 radical (unpaired) electrons. The number of amides is 1. The highest BCUT2D eigenvalue weighted by Crippen LogP contribution is 2.21. The van der Waals surface area contributed by atoms with Gasteiger partial charge in [0.15, 0.2) is 0 Å². The van der Waals surface area contributed by atoms with Crippen molar-refractivity contribution >= 4 is 15.7 Å². The van der Waals surface area contributed by atoms with Crippen LogP contribution in [0.15, 0.2) is 0 Å². The molecule has 0 aromatic heterocycles. The topological polar surface area (TPSA) is 63.2 Å². The van der Waals surface area contributed by atoms with E-state index in [2.05, 4.69) is 12.2 Å². The van der Waals surface area contributed by atoms with E-state index in [-0.39, 0.29) is 23.3 Å². The molecule has 100 valence electrons. The number of carbonyl (C=O) groups is 1. The molecule has 1 amide bonds. The van der Waals surface area contributed by atoms with Gasteiger partial charge in [-0.25, -0.2) is 8.42 Å². The molecule has 5 heteroatoms. The van der Waals surface area contributed by atoms with Gasteiger partial charge in [0.05, 0.1) is 11.5 Å². The number of carbonyl (C=O) groups excluding carboxylic acids is 1. The van der Waals surface area contributed by atoms with Gasteiger partial charge in [-0.05, 0) is 25.2 Å². The minimum absolute atomic E-state index is 0.0744. The van der Waals surface area contributed by atoms with Crippen molar-refractivity contribution < 1.29 is 13.2 Å². The number of rotatable bonds is 6.